The van der Waals surface area contributed by atoms with Crippen LogP contribution < -0.4 is 9.47 Å². The van der Waals surface area contributed by atoms with Crippen molar-refractivity contribution in [2.75, 3.05) is 26.8 Å². The van der Waals surface area contributed by atoms with Crippen molar-refractivity contribution < 1.29 is 32.2 Å². The molecule has 2 heterocycles. The average molecular weight is 486 g/mol. The van der Waals surface area contributed by atoms with Crippen molar-refractivity contribution in [3.63, 3.8) is 0 Å². The highest BCUT2D eigenvalue weighted by Crippen LogP contribution is 2.47. The van der Waals surface area contributed by atoms with Crippen molar-refractivity contribution in [2.24, 2.45) is 11.8 Å². The fourth-order valence-electron chi connectivity index (χ4n) is 5.83. The van der Waals surface area contributed by atoms with Crippen LogP contribution in [-0.4, -0.2) is 37.7 Å². The number of methoxy groups -OCH3 is 1. The number of hydrogen-bond acceptors (Lipinski definition) is 5. The summed E-state index contributed by atoms with van der Waals surface area (Å²) in [7, 11) is 1.32. The molecule has 8 heteroatoms. The fraction of sp³-hybridized carbons (Fsp3) is 0.444. The van der Waals surface area contributed by atoms with Crippen LogP contribution in [0, 0.1) is 11.8 Å². The lowest BCUT2D eigenvalue weighted by atomic mass is 9.96. The van der Waals surface area contributed by atoms with Gasteiger partial charge in [-0.1, -0.05) is 6.07 Å². The van der Waals surface area contributed by atoms with Crippen LogP contribution in [0.4, 0.5) is 13.2 Å². The third-order valence-electron chi connectivity index (χ3n) is 7.67. The van der Waals surface area contributed by atoms with E-state index in [-0.39, 0.29) is 12.7 Å². The van der Waals surface area contributed by atoms with Gasteiger partial charge in [0.1, 0.15) is 24.2 Å². The van der Waals surface area contributed by atoms with Crippen molar-refractivity contribution in [3.8, 4) is 11.5 Å². The molecule has 4 aliphatic rings. The van der Waals surface area contributed by atoms with Gasteiger partial charge in [0.2, 0.25) is 0 Å². The van der Waals surface area contributed by atoms with Gasteiger partial charge in [0.25, 0.3) is 0 Å². The maximum absolute atomic E-state index is 13.9. The Bertz CT molecular complexity index is 1210. The highest BCUT2D eigenvalue weighted by molar-refractivity contribution is 5.93. The van der Waals surface area contributed by atoms with Gasteiger partial charge >= 0.3 is 12.1 Å². The first-order valence-corrected chi connectivity index (χ1v) is 12.0. The highest BCUT2D eigenvalue weighted by atomic mass is 19.4. The second-order valence-electron chi connectivity index (χ2n) is 9.89. The Hall–Kier alpha value is -3.00. The number of esters is 1. The molecule has 2 aromatic carbocycles. The number of ether oxygens (including phenoxy) is 3. The van der Waals surface area contributed by atoms with Crippen LogP contribution in [0.2, 0.25) is 0 Å². The molecule has 0 aromatic heterocycles. The normalized spacial score (nSPS) is 25.7. The molecule has 3 atom stereocenters. The SMILES string of the molecule is COC(=O)/C=C1\COc2cc(O[C@@H]3CCc4c3ccc(C(F)(F)F)c4CN3CC4CC4C3)ccc21. The van der Waals surface area contributed by atoms with Crippen LogP contribution in [-0.2, 0) is 28.7 Å². The number of hydrogen-bond donors (Lipinski definition) is 0. The van der Waals surface area contributed by atoms with Gasteiger partial charge in [-0.2, -0.15) is 13.2 Å². The predicted molar refractivity (Wildman–Crippen MR) is 122 cm³/mol. The summed E-state index contributed by atoms with van der Waals surface area (Å²) in [5.41, 5.74) is 3.05. The lowest BCUT2D eigenvalue weighted by molar-refractivity contribution is -0.138. The Morgan fingerprint density at radius 1 is 1.20 bits per heavy atom. The van der Waals surface area contributed by atoms with E-state index in [0.717, 1.165) is 35.4 Å². The molecule has 1 saturated carbocycles. The molecular weight excluding hydrogens is 459 g/mol. The molecule has 2 fully saturated rings. The van der Waals surface area contributed by atoms with Gasteiger partial charge in [-0.15, -0.1) is 0 Å². The second kappa shape index (κ2) is 8.29. The van der Waals surface area contributed by atoms with E-state index in [1.165, 1.54) is 25.7 Å². The topological polar surface area (TPSA) is 48.0 Å². The zero-order valence-corrected chi connectivity index (χ0v) is 19.4. The second-order valence-corrected chi connectivity index (χ2v) is 9.89. The molecule has 2 aromatic rings. The highest BCUT2D eigenvalue weighted by Gasteiger charge is 2.46. The van der Waals surface area contributed by atoms with Crippen molar-refractivity contribution in [1.29, 1.82) is 0 Å². The molecule has 0 bridgehead atoms. The maximum atomic E-state index is 13.9. The molecule has 1 saturated heterocycles. The Labute approximate surface area is 201 Å². The number of piperidine rings is 1. The molecule has 0 radical (unpaired) electrons. The summed E-state index contributed by atoms with van der Waals surface area (Å²) >= 11 is 0. The summed E-state index contributed by atoms with van der Waals surface area (Å²) in [4.78, 5) is 13.8. The number of alkyl halides is 3. The van der Waals surface area contributed by atoms with Gasteiger partial charge in [-0.05, 0) is 66.0 Å². The van der Waals surface area contributed by atoms with Crippen LogP contribution in [0.1, 0.15) is 46.8 Å². The molecular formula is C27H26F3NO4. The van der Waals surface area contributed by atoms with Gasteiger partial charge in [0, 0.05) is 42.9 Å². The summed E-state index contributed by atoms with van der Waals surface area (Å²) in [6.45, 7) is 2.40. The lowest BCUT2D eigenvalue weighted by Crippen LogP contribution is -2.25. The zero-order valence-electron chi connectivity index (χ0n) is 19.4. The summed E-state index contributed by atoms with van der Waals surface area (Å²) in [5.74, 6) is 2.09. The van der Waals surface area contributed by atoms with Crippen LogP contribution >= 0.6 is 0 Å². The first kappa shape index (κ1) is 22.5. The Kier molecular flexibility index (Phi) is 5.32. The Balaban J connectivity index is 1.25. The smallest absolute Gasteiger partial charge is 0.416 e. The van der Waals surface area contributed by atoms with Gasteiger partial charge in [-0.3, -0.25) is 4.90 Å². The van der Waals surface area contributed by atoms with E-state index in [4.69, 9.17) is 14.2 Å². The molecule has 35 heavy (non-hydrogen) atoms. The number of carbonyl (C=O) groups excluding carboxylic acids is 1. The zero-order chi connectivity index (χ0) is 24.3. The minimum Gasteiger partial charge on any atom is -0.488 e. The lowest BCUT2D eigenvalue weighted by Gasteiger charge is -2.24. The molecule has 0 N–H and O–H groups in total. The van der Waals surface area contributed by atoms with Gasteiger partial charge < -0.3 is 14.2 Å². The van der Waals surface area contributed by atoms with Crippen LogP contribution in [0.25, 0.3) is 5.57 Å². The third kappa shape index (κ3) is 4.18. The molecule has 2 unspecified atom stereocenters. The molecule has 2 aliphatic heterocycles. The van der Waals surface area contributed by atoms with E-state index >= 15 is 0 Å². The number of fused-ring (bicyclic) bond motifs is 3. The molecule has 184 valence electrons. The number of halogens is 3. The maximum Gasteiger partial charge on any atom is 0.416 e. The minimum atomic E-state index is -4.38. The fourth-order valence-corrected chi connectivity index (χ4v) is 5.83. The summed E-state index contributed by atoms with van der Waals surface area (Å²) < 4.78 is 58.3. The van der Waals surface area contributed by atoms with E-state index in [1.54, 1.807) is 18.2 Å². The summed E-state index contributed by atoms with van der Waals surface area (Å²) in [6, 6.07) is 8.22. The van der Waals surface area contributed by atoms with Crippen molar-refractivity contribution >= 4 is 11.5 Å². The Morgan fingerprint density at radius 2 is 2.00 bits per heavy atom. The van der Waals surface area contributed by atoms with Crippen molar-refractivity contribution in [1.82, 2.24) is 4.90 Å². The van der Waals surface area contributed by atoms with Crippen LogP contribution in [0.15, 0.2) is 36.4 Å². The number of rotatable bonds is 5. The van der Waals surface area contributed by atoms with Gasteiger partial charge in [-0.25, -0.2) is 4.79 Å². The number of nitrogens with zero attached hydrogens (tertiary/aromatic N) is 1. The van der Waals surface area contributed by atoms with E-state index in [2.05, 4.69) is 4.90 Å². The summed E-state index contributed by atoms with van der Waals surface area (Å²) in [6.07, 6.45) is -0.881. The monoisotopic (exact) mass is 485 g/mol. The van der Waals surface area contributed by atoms with E-state index in [1.807, 2.05) is 6.07 Å². The van der Waals surface area contributed by atoms with Crippen LogP contribution in [0.5, 0.6) is 11.5 Å². The third-order valence-corrected chi connectivity index (χ3v) is 7.67. The van der Waals surface area contributed by atoms with Crippen LogP contribution in [0.3, 0.4) is 0 Å². The van der Waals surface area contributed by atoms with E-state index in [9.17, 15) is 18.0 Å². The average Bonchev–Trinajstić information content (AvgIpc) is 3.15. The van der Waals surface area contributed by atoms with Gasteiger partial charge in [0.15, 0.2) is 0 Å². The number of carbonyl (C=O) groups is 1. The minimum absolute atomic E-state index is 0.266. The van der Waals surface area contributed by atoms with E-state index < -0.39 is 17.7 Å². The first-order chi connectivity index (χ1) is 16.8. The van der Waals surface area contributed by atoms with Gasteiger partial charge in [0.05, 0.1) is 12.7 Å². The molecule has 6 rings (SSSR count). The van der Waals surface area contributed by atoms with E-state index in [0.29, 0.717) is 48.3 Å². The number of likely N-dealkylation sites (tertiary alicyclic amines) is 1. The standard InChI is InChI=1S/C27H26F3NO4/c1-33-26(32)9-17-14-34-25-10-18(2-3-19(17)25)35-24-7-5-20-21(24)4-6-23(27(28,29)30)22(20)13-31-11-15-8-16(15)12-31/h2-4,6,9-10,15-16,24H,5,7-8,11-14H2,1H3/b17-9+/t15?,16?,24-/m1/s1. The molecule has 0 amide bonds. The van der Waals surface area contributed by atoms with Crippen molar-refractivity contribution in [2.45, 2.75) is 38.1 Å². The molecule has 0 spiro atoms. The number of benzene rings is 2. The summed E-state index contributed by atoms with van der Waals surface area (Å²) in [5, 5.41) is 0. The predicted octanol–water partition coefficient (Wildman–Crippen LogP) is 5.17. The largest absolute Gasteiger partial charge is 0.488 e. The first-order valence-electron chi connectivity index (χ1n) is 12.0. The quantitative estimate of drug-likeness (QED) is 0.432. The molecule has 5 nitrogen and oxygen atoms in total. The Morgan fingerprint density at radius 3 is 2.74 bits per heavy atom. The molecule has 2 aliphatic carbocycles. The van der Waals surface area contributed by atoms with Crippen molar-refractivity contribution in [3.05, 3.63) is 64.2 Å².